The minimum Gasteiger partial charge on any atom is -0.292 e. The Labute approximate surface area is 105 Å². The smallest absolute Gasteiger partial charge is 0.188 e. The molecule has 0 saturated carbocycles. The molecule has 2 rings (SSSR count). The molecule has 0 unspecified atom stereocenters. The van der Waals surface area contributed by atoms with Crippen LogP contribution in [-0.4, -0.2) is 20.5 Å². The van der Waals surface area contributed by atoms with Crippen molar-refractivity contribution < 1.29 is 4.79 Å². The first-order valence-electron chi connectivity index (χ1n) is 4.69. The lowest BCUT2D eigenvalue weighted by Gasteiger charge is -2.00. The third kappa shape index (κ3) is 2.22. The van der Waals surface area contributed by atoms with Crippen LogP contribution in [0.3, 0.4) is 0 Å². The first-order chi connectivity index (χ1) is 7.58. The molecule has 0 aliphatic heterocycles. The number of hydrogen-bond donors (Lipinski definition) is 0. The van der Waals surface area contributed by atoms with Crippen LogP contribution in [0.2, 0.25) is 0 Å². The maximum Gasteiger partial charge on any atom is 0.188 e. The predicted octanol–water partition coefficient (Wildman–Crippen LogP) is 2.37. The lowest BCUT2D eigenvalue weighted by molar-refractivity contribution is 0.0983. The molecule has 0 saturated heterocycles. The molecule has 0 N–H and O–H groups in total. The summed E-state index contributed by atoms with van der Waals surface area (Å²) in [6.07, 6.45) is 1.96. The van der Waals surface area contributed by atoms with Crippen LogP contribution in [0.4, 0.5) is 0 Å². The van der Waals surface area contributed by atoms with Crippen LogP contribution >= 0.6 is 27.3 Å². The quantitative estimate of drug-likeness (QED) is 0.818. The number of thiazole rings is 1. The first-order valence-corrected chi connectivity index (χ1v) is 6.37. The number of aromatic nitrogens is 3. The maximum absolute atomic E-state index is 12.0. The van der Waals surface area contributed by atoms with Gasteiger partial charge in [0.15, 0.2) is 5.78 Å². The van der Waals surface area contributed by atoms with Gasteiger partial charge in [0.2, 0.25) is 0 Å². The Morgan fingerprint density at radius 1 is 1.62 bits per heavy atom. The third-order valence-electron chi connectivity index (χ3n) is 2.14. The maximum atomic E-state index is 12.0. The summed E-state index contributed by atoms with van der Waals surface area (Å²) < 4.78 is 2.31. The molecule has 84 valence electrons. The molecular formula is C10H10BrN3OS. The molecular weight excluding hydrogens is 290 g/mol. The summed E-state index contributed by atoms with van der Waals surface area (Å²) in [5.41, 5.74) is 1.55. The van der Waals surface area contributed by atoms with Gasteiger partial charge >= 0.3 is 0 Å². The number of rotatable bonds is 3. The number of carbonyl (C=O) groups is 1. The van der Waals surface area contributed by atoms with Gasteiger partial charge in [-0.15, -0.1) is 11.3 Å². The standard InChI is InChI=1S/C10H10BrN3OS/c1-6-5-16-9(13-6)3-8(15)10-7(11)4-12-14(10)2/h4-5H,3H2,1-2H3. The van der Waals surface area contributed by atoms with Crippen LogP contribution < -0.4 is 0 Å². The Hall–Kier alpha value is -1.01. The van der Waals surface area contributed by atoms with E-state index in [0.29, 0.717) is 12.1 Å². The summed E-state index contributed by atoms with van der Waals surface area (Å²) in [6.45, 7) is 1.92. The normalized spacial score (nSPS) is 10.7. The zero-order valence-corrected chi connectivity index (χ0v) is 11.3. The van der Waals surface area contributed by atoms with Gasteiger partial charge in [-0.05, 0) is 22.9 Å². The molecule has 0 fully saturated rings. The lowest BCUT2D eigenvalue weighted by atomic mass is 10.2. The highest BCUT2D eigenvalue weighted by atomic mass is 79.9. The van der Waals surface area contributed by atoms with Crippen molar-refractivity contribution in [1.29, 1.82) is 0 Å². The van der Waals surface area contributed by atoms with Crippen LogP contribution in [0, 0.1) is 6.92 Å². The van der Waals surface area contributed by atoms with E-state index >= 15 is 0 Å². The Kier molecular flexibility index (Phi) is 3.20. The molecule has 0 aliphatic carbocycles. The predicted molar refractivity (Wildman–Crippen MR) is 65.8 cm³/mol. The average molecular weight is 300 g/mol. The first kappa shape index (κ1) is 11.5. The van der Waals surface area contributed by atoms with E-state index in [1.54, 1.807) is 17.9 Å². The summed E-state index contributed by atoms with van der Waals surface area (Å²) in [5, 5.41) is 6.80. The lowest BCUT2D eigenvalue weighted by Crippen LogP contribution is -2.10. The van der Waals surface area contributed by atoms with Gasteiger partial charge in [0.05, 0.1) is 17.1 Å². The highest BCUT2D eigenvalue weighted by molar-refractivity contribution is 9.10. The molecule has 4 nitrogen and oxygen atoms in total. The van der Waals surface area contributed by atoms with Crippen molar-refractivity contribution in [3.05, 3.63) is 32.4 Å². The highest BCUT2D eigenvalue weighted by Gasteiger charge is 2.16. The van der Waals surface area contributed by atoms with Crippen molar-refractivity contribution in [2.45, 2.75) is 13.3 Å². The largest absolute Gasteiger partial charge is 0.292 e. The van der Waals surface area contributed by atoms with Gasteiger partial charge in [0.1, 0.15) is 10.7 Å². The second-order valence-corrected chi connectivity index (χ2v) is 5.24. The molecule has 2 aromatic heterocycles. The molecule has 2 aromatic rings. The summed E-state index contributed by atoms with van der Waals surface area (Å²) >= 11 is 4.83. The van der Waals surface area contributed by atoms with Gasteiger partial charge in [-0.1, -0.05) is 0 Å². The summed E-state index contributed by atoms with van der Waals surface area (Å²) in [5.74, 6) is 0.0289. The molecule has 0 aliphatic rings. The Balaban J connectivity index is 2.21. The SMILES string of the molecule is Cc1csc(CC(=O)c2c(Br)cnn2C)n1. The second kappa shape index (κ2) is 4.47. The number of Topliss-reactive ketones (excluding diaryl/α,β-unsaturated/α-hetero) is 1. The molecule has 0 aromatic carbocycles. The molecule has 16 heavy (non-hydrogen) atoms. The van der Waals surface area contributed by atoms with E-state index in [1.165, 1.54) is 11.3 Å². The van der Waals surface area contributed by atoms with Crippen molar-refractivity contribution in [3.8, 4) is 0 Å². The Bertz CT molecular complexity index is 512. The number of halogens is 1. The second-order valence-electron chi connectivity index (χ2n) is 3.45. The van der Waals surface area contributed by atoms with E-state index in [4.69, 9.17) is 0 Å². The van der Waals surface area contributed by atoms with E-state index in [1.807, 2.05) is 12.3 Å². The van der Waals surface area contributed by atoms with Gasteiger partial charge < -0.3 is 0 Å². The number of ketones is 1. The topological polar surface area (TPSA) is 47.8 Å². The monoisotopic (exact) mass is 299 g/mol. The molecule has 0 atom stereocenters. The minimum atomic E-state index is 0.0289. The van der Waals surface area contributed by atoms with E-state index in [2.05, 4.69) is 26.0 Å². The van der Waals surface area contributed by atoms with E-state index < -0.39 is 0 Å². The van der Waals surface area contributed by atoms with Crippen LogP contribution in [0.5, 0.6) is 0 Å². The van der Waals surface area contributed by atoms with E-state index in [9.17, 15) is 4.79 Å². The minimum absolute atomic E-state index is 0.0289. The van der Waals surface area contributed by atoms with Crippen LogP contribution in [0.1, 0.15) is 21.2 Å². The van der Waals surface area contributed by atoms with Crippen molar-refractivity contribution >= 4 is 33.0 Å². The van der Waals surface area contributed by atoms with Gasteiger partial charge in [-0.25, -0.2) is 4.98 Å². The Morgan fingerprint density at radius 2 is 2.38 bits per heavy atom. The number of carbonyl (C=O) groups excluding carboxylic acids is 1. The molecule has 0 spiro atoms. The average Bonchev–Trinajstić information content (AvgIpc) is 2.74. The summed E-state index contributed by atoms with van der Waals surface area (Å²) in [6, 6.07) is 0. The van der Waals surface area contributed by atoms with Crippen LogP contribution in [-0.2, 0) is 13.5 Å². The molecule has 0 bridgehead atoms. The molecule has 6 heteroatoms. The highest BCUT2D eigenvalue weighted by Crippen LogP contribution is 2.18. The van der Waals surface area contributed by atoms with E-state index in [0.717, 1.165) is 15.2 Å². The van der Waals surface area contributed by atoms with Gasteiger partial charge in [-0.3, -0.25) is 9.48 Å². The molecule has 0 radical (unpaired) electrons. The Morgan fingerprint density at radius 3 is 2.88 bits per heavy atom. The third-order valence-corrected chi connectivity index (χ3v) is 3.68. The zero-order valence-electron chi connectivity index (χ0n) is 8.90. The van der Waals surface area contributed by atoms with Gasteiger partial charge in [-0.2, -0.15) is 5.10 Å². The summed E-state index contributed by atoms with van der Waals surface area (Å²) in [7, 11) is 1.76. The summed E-state index contributed by atoms with van der Waals surface area (Å²) in [4.78, 5) is 16.3. The fourth-order valence-electron chi connectivity index (χ4n) is 1.43. The number of aryl methyl sites for hydroxylation is 2. The fourth-order valence-corrected chi connectivity index (χ4v) is 2.77. The van der Waals surface area contributed by atoms with Crippen LogP contribution in [0.15, 0.2) is 16.0 Å². The van der Waals surface area contributed by atoms with Gasteiger partial charge in [0, 0.05) is 18.1 Å². The van der Waals surface area contributed by atoms with Crippen molar-refractivity contribution in [2.24, 2.45) is 7.05 Å². The van der Waals surface area contributed by atoms with E-state index in [-0.39, 0.29) is 5.78 Å². The van der Waals surface area contributed by atoms with Crippen LogP contribution in [0.25, 0.3) is 0 Å². The number of hydrogen-bond acceptors (Lipinski definition) is 4. The zero-order chi connectivity index (χ0) is 11.7. The molecule has 2 heterocycles. The fraction of sp³-hybridized carbons (Fsp3) is 0.300. The van der Waals surface area contributed by atoms with Crippen molar-refractivity contribution in [2.75, 3.05) is 0 Å². The van der Waals surface area contributed by atoms with Crippen molar-refractivity contribution in [1.82, 2.24) is 14.8 Å². The number of nitrogens with zero attached hydrogens (tertiary/aromatic N) is 3. The van der Waals surface area contributed by atoms with Crippen molar-refractivity contribution in [3.63, 3.8) is 0 Å². The molecule has 0 amide bonds. The van der Waals surface area contributed by atoms with Gasteiger partial charge in [0.25, 0.3) is 0 Å².